The lowest BCUT2D eigenvalue weighted by molar-refractivity contribution is -0.140. The summed E-state index contributed by atoms with van der Waals surface area (Å²) in [6.07, 6.45) is 0.143. The zero-order valence-electron chi connectivity index (χ0n) is 25.5. The van der Waals surface area contributed by atoms with E-state index >= 15 is 0 Å². The van der Waals surface area contributed by atoms with Gasteiger partial charge in [0.15, 0.2) is 11.5 Å². The number of carbonyl (C=O) groups is 3. The molecule has 1 saturated heterocycles. The lowest BCUT2D eigenvalue weighted by Gasteiger charge is -2.35. The molecule has 234 valence electrons. The van der Waals surface area contributed by atoms with Gasteiger partial charge in [-0.05, 0) is 66.9 Å². The van der Waals surface area contributed by atoms with E-state index in [1.807, 2.05) is 53.4 Å². The summed E-state index contributed by atoms with van der Waals surface area (Å²) in [6.45, 7) is 7.96. The summed E-state index contributed by atoms with van der Waals surface area (Å²) >= 11 is 6.08. The van der Waals surface area contributed by atoms with Gasteiger partial charge in [0.05, 0.1) is 18.7 Å². The summed E-state index contributed by atoms with van der Waals surface area (Å²) in [6, 6.07) is 20.6. The van der Waals surface area contributed by atoms with Crippen molar-refractivity contribution in [2.45, 2.75) is 39.3 Å². The summed E-state index contributed by atoms with van der Waals surface area (Å²) in [7, 11) is 0. The van der Waals surface area contributed by atoms with Crippen molar-refractivity contribution in [1.29, 1.82) is 0 Å². The van der Waals surface area contributed by atoms with Crippen LogP contribution < -0.4 is 9.47 Å². The predicted octanol–water partition coefficient (Wildman–Crippen LogP) is 5.38. The average molecular weight is 630 g/mol. The quantitative estimate of drug-likeness (QED) is 0.309. The van der Waals surface area contributed by atoms with Crippen LogP contribution in [-0.4, -0.2) is 72.1 Å². The van der Waals surface area contributed by atoms with E-state index in [-0.39, 0.29) is 38.2 Å². The molecule has 0 N–H and O–H groups in total. The molecule has 3 heterocycles. The fraction of sp³-hybridized carbons (Fsp3) is 0.343. The number of nitrogens with zero attached hydrogens (tertiary/aromatic N) is 3. The second kappa shape index (κ2) is 13.3. The Morgan fingerprint density at radius 2 is 1.58 bits per heavy atom. The molecule has 1 unspecified atom stereocenters. The van der Waals surface area contributed by atoms with Crippen LogP contribution in [0.1, 0.15) is 53.2 Å². The first-order valence-corrected chi connectivity index (χ1v) is 15.6. The lowest BCUT2D eigenvalue weighted by atomic mass is 9.83. The van der Waals surface area contributed by atoms with Crippen LogP contribution in [0.4, 0.5) is 0 Å². The number of benzene rings is 3. The van der Waals surface area contributed by atoms with Gasteiger partial charge in [0.1, 0.15) is 0 Å². The molecule has 0 saturated carbocycles. The molecule has 3 aliphatic rings. The van der Waals surface area contributed by atoms with E-state index in [0.717, 1.165) is 47.8 Å². The van der Waals surface area contributed by atoms with E-state index in [1.54, 1.807) is 30.9 Å². The standard InChI is InChI=1S/C35H36ClN3O6/c1-3-43-35(42)33-23(2)39(32(40)19-29(33)26-9-11-28(36)12-10-26)21-24-4-7-27(8-5-24)34(41)38-16-14-37(15-17-38)20-25-6-13-30-31(18-25)45-22-44-30/h4-13,18,29H,3,14-17,19-22H2,1-2H3. The monoisotopic (exact) mass is 629 g/mol. The third-order valence-corrected chi connectivity index (χ3v) is 8.89. The molecule has 1 fully saturated rings. The molecular formula is C35H36ClN3O6. The number of amides is 2. The number of hydrogen-bond acceptors (Lipinski definition) is 7. The first kappa shape index (κ1) is 30.7. The van der Waals surface area contributed by atoms with Crippen LogP contribution in [0, 0.1) is 0 Å². The summed E-state index contributed by atoms with van der Waals surface area (Å²) in [5.41, 5.74) is 4.51. The molecular weight excluding hydrogens is 594 g/mol. The van der Waals surface area contributed by atoms with Crippen molar-refractivity contribution in [3.63, 3.8) is 0 Å². The summed E-state index contributed by atoms with van der Waals surface area (Å²) < 4.78 is 16.3. The minimum Gasteiger partial charge on any atom is -0.463 e. The average Bonchev–Trinajstić information content (AvgIpc) is 3.52. The lowest BCUT2D eigenvalue weighted by Crippen LogP contribution is -2.48. The van der Waals surface area contributed by atoms with Gasteiger partial charge < -0.3 is 24.0 Å². The number of hydrogen-bond donors (Lipinski definition) is 0. The van der Waals surface area contributed by atoms with Gasteiger partial charge in [0.2, 0.25) is 12.7 Å². The molecule has 0 radical (unpaired) electrons. The van der Waals surface area contributed by atoms with Gasteiger partial charge in [-0.25, -0.2) is 4.79 Å². The second-order valence-corrected chi connectivity index (χ2v) is 11.9. The highest BCUT2D eigenvalue weighted by atomic mass is 35.5. The van der Waals surface area contributed by atoms with E-state index in [9.17, 15) is 14.4 Å². The topological polar surface area (TPSA) is 88.6 Å². The number of piperazine rings is 1. The van der Waals surface area contributed by atoms with Crippen LogP contribution in [-0.2, 0) is 27.4 Å². The van der Waals surface area contributed by atoms with Gasteiger partial charge in [-0.3, -0.25) is 14.5 Å². The van der Waals surface area contributed by atoms with E-state index in [4.69, 9.17) is 25.8 Å². The SMILES string of the molecule is CCOC(=O)C1=C(C)N(Cc2ccc(C(=O)N3CCN(Cc4ccc5c(c4)OCO5)CC3)cc2)C(=O)CC1c1ccc(Cl)cc1. The number of halogens is 1. The molecule has 3 aromatic carbocycles. The Hall–Kier alpha value is -4.34. The Morgan fingerprint density at radius 1 is 0.889 bits per heavy atom. The minimum absolute atomic E-state index is 0.00944. The first-order chi connectivity index (χ1) is 21.8. The Kier molecular flexibility index (Phi) is 9.09. The zero-order chi connectivity index (χ0) is 31.5. The van der Waals surface area contributed by atoms with Crippen molar-refractivity contribution in [3.05, 3.63) is 105 Å². The summed E-state index contributed by atoms with van der Waals surface area (Å²) in [5, 5.41) is 0.586. The number of carbonyl (C=O) groups excluding carboxylic acids is 3. The van der Waals surface area contributed by atoms with Crippen molar-refractivity contribution in [1.82, 2.24) is 14.7 Å². The van der Waals surface area contributed by atoms with Gasteiger partial charge >= 0.3 is 5.97 Å². The molecule has 10 heteroatoms. The smallest absolute Gasteiger partial charge is 0.336 e. The van der Waals surface area contributed by atoms with Crippen LogP contribution in [0.15, 0.2) is 78.0 Å². The van der Waals surface area contributed by atoms with Gasteiger partial charge in [0, 0.05) is 61.3 Å². The highest BCUT2D eigenvalue weighted by molar-refractivity contribution is 6.30. The normalized spacial score (nSPS) is 18.4. The van der Waals surface area contributed by atoms with Crippen LogP contribution in [0.25, 0.3) is 0 Å². The van der Waals surface area contributed by atoms with Gasteiger partial charge in [-0.15, -0.1) is 0 Å². The Morgan fingerprint density at radius 3 is 2.29 bits per heavy atom. The Balaban J connectivity index is 1.09. The highest BCUT2D eigenvalue weighted by Crippen LogP contribution is 2.38. The molecule has 0 bridgehead atoms. The van der Waals surface area contributed by atoms with Crippen LogP contribution in [0.3, 0.4) is 0 Å². The maximum atomic E-state index is 13.4. The maximum Gasteiger partial charge on any atom is 0.336 e. The van der Waals surface area contributed by atoms with E-state index in [0.29, 0.717) is 34.9 Å². The Labute approximate surface area is 267 Å². The summed E-state index contributed by atoms with van der Waals surface area (Å²) in [5.74, 6) is 0.622. The maximum absolute atomic E-state index is 13.4. The number of ether oxygens (including phenoxy) is 3. The molecule has 9 nitrogen and oxygen atoms in total. The van der Waals surface area contributed by atoms with Gasteiger partial charge in [-0.1, -0.05) is 41.9 Å². The first-order valence-electron chi connectivity index (χ1n) is 15.2. The minimum atomic E-state index is -0.426. The third kappa shape index (κ3) is 6.70. The highest BCUT2D eigenvalue weighted by Gasteiger charge is 2.37. The molecule has 2 amide bonds. The number of esters is 1. The molecule has 0 aromatic heterocycles. The fourth-order valence-corrected chi connectivity index (χ4v) is 6.31. The number of fused-ring (bicyclic) bond motifs is 1. The molecule has 0 spiro atoms. The Bertz CT molecular complexity index is 1610. The van der Waals surface area contributed by atoms with Gasteiger partial charge in [-0.2, -0.15) is 0 Å². The second-order valence-electron chi connectivity index (χ2n) is 11.5. The molecule has 3 aromatic rings. The third-order valence-electron chi connectivity index (χ3n) is 8.63. The molecule has 3 aliphatic heterocycles. The van der Waals surface area contributed by atoms with Crippen LogP contribution >= 0.6 is 11.6 Å². The van der Waals surface area contributed by atoms with Crippen molar-refractivity contribution in [2.24, 2.45) is 0 Å². The summed E-state index contributed by atoms with van der Waals surface area (Å²) in [4.78, 5) is 45.6. The van der Waals surface area contributed by atoms with E-state index in [1.165, 1.54) is 0 Å². The van der Waals surface area contributed by atoms with Crippen LogP contribution in [0.2, 0.25) is 5.02 Å². The molecule has 0 aliphatic carbocycles. The molecule has 45 heavy (non-hydrogen) atoms. The van der Waals surface area contributed by atoms with Crippen molar-refractivity contribution < 1.29 is 28.6 Å². The molecule has 1 atom stereocenters. The van der Waals surface area contributed by atoms with Gasteiger partial charge in [0.25, 0.3) is 5.91 Å². The van der Waals surface area contributed by atoms with E-state index in [2.05, 4.69) is 11.0 Å². The van der Waals surface area contributed by atoms with Crippen molar-refractivity contribution in [3.8, 4) is 11.5 Å². The zero-order valence-corrected chi connectivity index (χ0v) is 26.2. The number of allylic oxidation sites excluding steroid dienone is 1. The van der Waals surface area contributed by atoms with E-state index < -0.39 is 11.9 Å². The predicted molar refractivity (Wildman–Crippen MR) is 169 cm³/mol. The van der Waals surface area contributed by atoms with Crippen LogP contribution in [0.5, 0.6) is 11.5 Å². The number of rotatable bonds is 8. The molecule has 6 rings (SSSR count). The van der Waals surface area contributed by atoms with Crippen molar-refractivity contribution in [2.75, 3.05) is 39.6 Å². The largest absolute Gasteiger partial charge is 0.463 e. The van der Waals surface area contributed by atoms with Crippen molar-refractivity contribution >= 4 is 29.4 Å². The fourth-order valence-electron chi connectivity index (χ4n) is 6.18.